The highest BCUT2D eigenvalue weighted by Crippen LogP contribution is 2.48. The maximum absolute atomic E-state index is 14.0. The molecule has 2 saturated heterocycles. The number of nitrogens with one attached hydrogen (secondary N) is 1. The third kappa shape index (κ3) is 3.60. The van der Waals surface area contributed by atoms with Gasteiger partial charge in [-0.3, -0.25) is 14.6 Å². The molecule has 7 nitrogen and oxygen atoms in total. The number of rotatable bonds is 6. The first kappa shape index (κ1) is 23.1. The fraction of sp³-hybridized carbons (Fsp3) is 0.448. The van der Waals surface area contributed by atoms with Crippen molar-refractivity contribution in [3.63, 3.8) is 0 Å². The van der Waals surface area contributed by atoms with Crippen LogP contribution in [-0.4, -0.2) is 69.9 Å². The standard InChI is InChI=1S/C29H34N4O3/c1-3-36-21-12-13-24-22(18-21)23-19-29(2)27(34)32(17-16-31-14-8-5-9-15-31)28(35)33(29)26(25(23)30-24)20-10-6-4-7-11-20/h4,6-7,10-13,18,26,30H,3,5,8-9,14-17,19H2,1-2H3/t26-,29+/m1/s1. The fourth-order valence-electron chi connectivity index (χ4n) is 6.35. The Labute approximate surface area is 212 Å². The number of fused-ring (bicyclic) bond motifs is 4. The minimum atomic E-state index is -0.941. The molecular weight excluding hydrogens is 452 g/mol. The fourth-order valence-corrected chi connectivity index (χ4v) is 6.35. The molecule has 3 aromatic rings. The van der Waals surface area contributed by atoms with Crippen molar-refractivity contribution in [1.29, 1.82) is 0 Å². The molecule has 1 N–H and O–H groups in total. The number of hydrogen-bond acceptors (Lipinski definition) is 4. The van der Waals surface area contributed by atoms with E-state index in [0.29, 0.717) is 19.6 Å². The molecule has 0 spiro atoms. The molecule has 2 fully saturated rings. The summed E-state index contributed by atoms with van der Waals surface area (Å²) >= 11 is 0. The topological polar surface area (TPSA) is 68.9 Å². The molecule has 0 saturated carbocycles. The molecule has 36 heavy (non-hydrogen) atoms. The molecule has 188 valence electrons. The quantitative estimate of drug-likeness (QED) is 0.512. The first-order valence-corrected chi connectivity index (χ1v) is 13.2. The molecule has 3 amide bonds. The van der Waals surface area contributed by atoms with Crippen LogP contribution in [0.3, 0.4) is 0 Å². The number of imide groups is 1. The second kappa shape index (κ2) is 8.96. The summed E-state index contributed by atoms with van der Waals surface area (Å²) < 4.78 is 5.78. The van der Waals surface area contributed by atoms with E-state index >= 15 is 0 Å². The smallest absolute Gasteiger partial charge is 0.328 e. The normalized spacial score (nSPS) is 24.3. The lowest BCUT2D eigenvalue weighted by molar-refractivity contribution is -0.133. The Morgan fingerprint density at radius 1 is 1.03 bits per heavy atom. The lowest BCUT2D eigenvalue weighted by Crippen LogP contribution is -2.53. The van der Waals surface area contributed by atoms with Crippen molar-refractivity contribution in [3.05, 3.63) is 65.4 Å². The molecule has 4 heterocycles. The molecule has 7 heteroatoms. The minimum absolute atomic E-state index is 0.0913. The number of ether oxygens (including phenoxy) is 1. The summed E-state index contributed by atoms with van der Waals surface area (Å²) in [5, 5.41) is 1.06. The van der Waals surface area contributed by atoms with Gasteiger partial charge >= 0.3 is 6.03 Å². The van der Waals surface area contributed by atoms with E-state index in [1.54, 1.807) is 0 Å². The number of carbonyl (C=O) groups is 2. The molecule has 3 aliphatic rings. The number of hydrogen-bond donors (Lipinski definition) is 1. The third-order valence-corrected chi connectivity index (χ3v) is 8.15. The summed E-state index contributed by atoms with van der Waals surface area (Å²) in [6, 6.07) is 15.6. The number of aromatic nitrogens is 1. The molecule has 6 rings (SSSR count). The number of amides is 3. The van der Waals surface area contributed by atoms with Gasteiger partial charge < -0.3 is 14.6 Å². The van der Waals surface area contributed by atoms with Crippen LogP contribution in [0.15, 0.2) is 48.5 Å². The predicted octanol–water partition coefficient (Wildman–Crippen LogP) is 4.72. The second-order valence-electron chi connectivity index (χ2n) is 10.4. The van der Waals surface area contributed by atoms with Crippen molar-refractivity contribution in [2.45, 2.75) is 51.1 Å². The van der Waals surface area contributed by atoms with Crippen LogP contribution in [0.5, 0.6) is 5.75 Å². The molecule has 1 aromatic heterocycles. The van der Waals surface area contributed by atoms with Crippen LogP contribution < -0.4 is 4.74 Å². The van der Waals surface area contributed by atoms with Crippen LogP contribution in [0, 0.1) is 0 Å². The van der Waals surface area contributed by atoms with Gasteiger partial charge in [0.25, 0.3) is 5.91 Å². The highest BCUT2D eigenvalue weighted by atomic mass is 16.5. The summed E-state index contributed by atoms with van der Waals surface area (Å²) in [6.45, 7) is 7.78. The Balaban J connectivity index is 1.42. The third-order valence-electron chi connectivity index (χ3n) is 8.15. The Morgan fingerprint density at radius 2 is 1.81 bits per heavy atom. The monoisotopic (exact) mass is 486 g/mol. The molecule has 0 unspecified atom stereocenters. The van der Waals surface area contributed by atoms with Crippen molar-refractivity contribution >= 4 is 22.8 Å². The Hall–Kier alpha value is -3.32. The van der Waals surface area contributed by atoms with Crippen LogP contribution in [0.25, 0.3) is 10.9 Å². The SMILES string of the molecule is CCOc1ccc2[nH]c3c(c2c1)C[C@@]1(C)C(=O)N(CCN2CCCCC2)C(=O)N1[C@@H]3c1ccccc1. The van der Waals surface area contributed by atoms with Gasteiger partial charge in [0.1, 0.15) is 17.3 Å². The van der Waals surface area contributed by atoms with Gasteiger partial charge in [-0.1, -0.05) is 36.8 Å². The summed E-state index contributed by atoms with van der Waals surface area (Å²) in [4.78, 5) is 37.3. The number of aromatic amines is 1. The molecule has 2 aromatic carbocycles. The predicted molar refractivity (Wildman–Crippen MR) is 139 cm³/mol. The molecule has 2 atom stereocenters. The van der Waals surface area contributed by atoms with Gasteiger partial charge in [0.15, 0.2) is 0 Å². The summed E-state index contributed by atoms with van der Waals surface area (Å²) in [5.74, 6) is 0.721. The van der Waals surface area contributed by atoms with Crippen molar-refractivity contribution < 1.29 is 14.3 Å². The van der Waals surface area contributed by atoms with E-state index in [-0.39, 0.29) is 18.0 Å². The van der Waals surface area contributed by atoms with Gasteiger partial charge in [-0.15, -0.1) is 0 Å². The van der Waals surface area contributed by atoms with E-state index in [9.17, 15) is 9.59 Å². The number of likely N-dealkylation sites (tertiary alicyclic amines) is 1. The maximum Gasteiger partial charge on any atom is 0.328 e. The molecular formula is C29H34N4O3. The molecule has 0 radical (unpaired) electrons. The van der Waals surface area contributed by atoms with Crippen LogP contribution in [0.4, 0.5) is 4.79 Å². The van der Waals surface area contributed by atoms with Crippen molar-refractivity contribution in [2.75, 3.05) is 32.8 Å². The molecule has 0 bridgehead atoms. The summed E-state index contributed by atoms with van der Waals surface area (Å²) in [6.07, 6.45) is 4.12. The number of carbonyl (C=O) groups excluding carboxylic acids is 2. The number of urea groups is 1. The van der Waals surface area contributed by atoms with Gasteiger partial charge in [0.2, 0.25) is 0 Å². The lowest BCUT2D eigenvalue weighted by atomic mass is 9.81. The van der Waals surface area contributed by atoms with Crippen LogP contribution >= 0.6 is 0 Å². The van der Waals surface area contributed by atoms with Crippen molar-refractivity contribution in [2.24, 2.45) is 0 Å². The van der Waals surface area contributed by atoms with Gasteiger partial charge in [-0.05, 0) is 69.1 Å². The van der Waals surface area contributed by atoms with Crippen molar-refractivity contribution in [3.8, 4) is 5.75 Å². The molecule has 0 aliphatic carbocycles. The minimum Gasteiger partial charge on any atom is -0.494 e. The van der Waals surface area contributed by atoms with Crippen LogP contribution in [0.1, 0.15) is 56.0 Å². The van der Waals surface area contributed by atoms with E-state index in [1.807, 2.05) is 61.2 Å². The Bertz CT molecular complexity index is 1300. The van der Waals surface area contributed by atoms with E-state index < -0.39 is 5.54 Å². The first-order chi connectivity index (χ1) is 17.5. The van der Waals surface area contributed by atoms with Crippen molar-refractivity contribution in [1.82, 2.24) is 19.7 Å². The first-order valence-electron chi connectivity index (χ1n) is 13.2. The van der Waals surface area contributed by atoms with Gasteiger partial charge in [0.05, 0.1) is 6.61 Å². The number of benzene rings is 2. The number of piperidine rings is 1. The van der Waals surface area contributed by atoms with Gasteiger partial charge in [-0.25, -0.2) is 4.79 Å². The van der Waals surface area contributed by atoms with Gasteiger partial charge in [-0.2, -0.15) is 0 Å². The zero-order valence-corrected chi connectivity index (χ0v) is 21.1. The van der Waals surface area contributed by atoms with E-state index in [4.69, 9.17) is 4.74 Å². The maximum atomic E-state index is 14.0. The highest BCUT2D eigenvalue weighted by molar-refractivity contribution is 6.08. The summed E-state index contributed by atoms with van der Waals surface area (Å²) in [7, 11) is 0. The number of H-pyrrole nitrogens is 1. The number of nitrogens with zero attached hydrogens (tertiary/aromatic N) is 3. The van der Waals surface area contributed by atoms with Crippen LogP contribution in [-0.2, 0) is 11.2 Å². The molecule has 3 aliphatic heterocycles. The van der Waals surface area contributed by atoms with Crippen LogP contribution in [0.2, 0.25) is 0 Å². The summed E-state index contributed by atoms with van der Waals surface area (Å²) in [5.41, 5.74) is 3.14. The van der Waals surface area contributed by atoms with E-state index in [2.05, 4.69) is 16.0 Å². The van der Waals surface area contributed by atoms with E-state index in [0.717, 1.165) is 53.1 Å². The van der Waals surface area contributed by atoms with E-state index in [1.165, 1.54) is 24.2 Å². The second-order valence-corrected chi connectivity index (χ2v) is 10.4. The largest absolute Gasteiger partial charge is 0.494 e. The average Bonchev–Trinajstić information content (AvgIpc) is 3.34. The average molecular weight is 487 g/mol. The Kier molecular flexibility index (Phi) is 5.75. The Morgan fingerprint density at radius 3 is 2.56 bits per heavy atom. The highest BCUT2D eigenvalue weighted by Gasteiger charge is 2.60. The zero-order chi connectivity index (χ0) is 24.9. The lowest BCUT2D eigenvalue weighted by Gasteiger charge is -2.42. The van der Waals surface area contributed by atoms with Gasteiger partial charge in [0, 0.05) is 36.1 Å². The zero-order valence-electron chi connectivity index (χ0n) is 21.1.